The number of carboxylic acids is 1. The van der Waals surface area contributed by atoms with E-state index in [4.69, 9.17) is 14.4 Å². The Labute approximate surface area is 278 Å². The van der Waals surface area contributed by atoms with Crippen molar-refractivity contribution in [3.05, 3.63) is 102 Å². The molecule has 4 aromatic rings. The standard InChI is InChI=1S/C34H38N5O8P/c1-22(2)15-30(47-48(45)20-31(40)41)39-33(43)29(17-26-18-35-21-36-26)37-32(42)28(38-34(44)46-19-23-9-4-3-5-10-23)16-25-13-8-12-24-11-6-7-14-27(24)25/h3-14,18,20-22,28-30H,15-17,19H2,1-2H3,(H,35,36)(H,37,42)(H,38,44)(H,39,43)(H,40,41)/t28-,29?,30+/m1/s1. The minimum absolute atomic E-state index is 0.0149. The van der Waals surface area contributed by atoms with Crippen molar-refractivity contribution in [2.75, 3.05) is 0 Å². The molecule has 0 bridgehead atoms. The smallest absolute Gasteiger partial charge is 0.408 e. The molecule has 13 nitrogen and oxygen atoms in total. The number of carbonyl (C=O) groups is 4. The van der Waals surface area contributed by atoms with Gasteiger partial charge in [-0.05, 0) is 34.2 Å². The van der Waals surface area contributed by atoms with Crippen molar-refractivity contribution in [1.82, 2.24) is 25.9 Å². The predicted molar refractivity (Wildman–Crippen MR) is 179 cm³/mol. The van der Waals surface area contributed by atoms with Gasteiger partial charge in [-0.25, -0.2) is 14.6 Å². The lowest BCUT2D eigenvalue weighted by atomic mass is 9.98. The zero-order chi connectivity index (χ0) is 34.5. The van der Waals surface area contributed by atoms with Gasteiger partial charge in [0.25, 0.3) is 0 Å². The van der Waals surface area contributed by atoms with Gasteiger partial charge in [0.1, 0.15) is 18.7 Å². The molecule has 14 heteroatoms. The average molecular weight is 676 g/mol. The Morgan fingerprint density at radius 1 is 0.917 bits per heavy atom. The molecule has 3 aromatic carbocycles. The van der Waals surface area contributed by atoms with Crippen molar-refractivity contribution in [2.45, 2.75) is 58.0 Å². The summed E-state index contributed by atoms with van der Waals surface area (Å²) in [4.78, 5) is 70.8. The fourth-order valence-corrected chi connectivity index (χ4v) is 5.60. The Balaban J connectivity index is 1.57. The number of hydrogen-bond acceptors (Lipinski definition) is 8. The van der Waals surface area contributed by atoms with Crippen molar-refractivity contribution in [3.63, 3.8) is 0 Å². The molecule has 2 unspecified atom stereocenters. The second kappa shape index (κ2) is 17.7. The number of nitrogens with zero attached hydrogens (tertiary/aromatic N) is 1. The second-order valence-electron chi connectivity index (χ2n) is 11.4. The van der Waals surface area contributed by atoms with Gasteiger partial charge >= 0.3 is 12.1 Å². The maximum atomic E-state index is 14.0. The topological polar surface area (TPSA) is 195 Å². The molecule has 252 valence electrons. The summed E-state index contributed by atoms with van der Waals surface area (Å²) >= 11 is 0. The number of aromatic nitrogens is 2. The normalized spacial score (nSPS) is 13.4. The van der Waals surface area contributed by atoms with Crippen LogP contribution in [-0.2, 0) is 43.1 Å². The number of alkyl carbamates (subject to hydrolysis) is 1. The van der Waals surface area contributed by atoms with Gasteiger partial charge in [-0.1, -0.05) is 86.6 Å². The molecule has 4 rings (SSSR count). The lowest BCUT2D eigenvalue weighted by molar-refractivity contribution is -0.177. The van der Waals surface area contributed by atoms with Crippen LogP contribution in [0.5, 0.6) is 0 Å². The number of ether oxygens (including phenoxy) is 1. The third-order valence-electron chi connectivity index (χ3n) is 7.17. The summed E-state index contributed by atoms with van der Waals surface area (Å²) in [7, 11) is -2.74. The van der Waals surface area contributed by atoms with Crippen LogP contribution in [0.1, 0.15) is 37.1 Å². The van der Waals surface area contributed by atoms with Crippen LogP contribution < -0.4 is 20.8 Å². The Bertz CT molecular complexity index is 1710. The fourth-order valence-electron chi connectivity index (χ4n) is 4.97. The highest BCUT2D eigenvalue weighted by molar-refractivity contribution is 7.47. The van der Waals surface area contributed by atoms with Crippen molar-refractivity contribution in [1.29, 1.82) is 0 Å². The van der Waals surface area contributed by atoms with Gasteiger partial charge in [-0.3, -0.25) is 9.59 Å². The van der Waals surface area contributed by atoms with Gasteiger partial charge in [-0.2, -0.15) is 4.52 Å². The number of aliphatic carboxylic acids is 1. The van der Waals surface area contributed by atoms with Crippen molar-refractivity contribution >= 4 is 48.4 Å². The zero-order valence-electron chi connectivity index (χ0n) is 26.5. The Morgan fingerprint density at radius 3 is 2.31 bits per heavy atom. The summed E-state index contributed by atoms with van der Waals surface area (Å²) < 4.78 is 10.8. The molecule has 0 fully saturated rings. The number of imidazole rings is 1. The largest absolute Gasteiger partial charge is 0.603 e. The first-order chi connectivity index (χ1) is 23.1. The van der Waals surface area contributed by atoms with Gasteiger partial charge in [-0.15, -0.1) is 0 Å². The van der Waals surface area contributed by atoms with E-state index in [1.165, 1.54) is 12.5 Å². The Hall–Kier alpha value is -5.10. The summed E-state index contributed by atoms with van der Waals surface area (Å²) in [6.07, 6.45) is 1.27. The highest BCUT2D eigenvalue weighted by atomic mass is 31.1. The zero-order valence-corrected chi connectivity index (χ0v) is 27.4. The number of hydrogen-bond donors (Lipinski definition) is 5. The summed E-state index contributed by atoms with van der Waals surface area (Å²) in [5, 5.41) is 18.9. The molecule has 0 saturated heterocycles. The molecule has 0 saturated carbocycles. The number of benzene rings is 3. The first-order valence-corrected chi connectivity index (χ1v) is 16.5. The molecule has 0 aliphatic rings. The molecule has 1 aromatic heterocycles. The van der Waals surface area contributed by atoms with Gasteiger partial charge in [0.15, 0.2) is 6.23 Å². The molecule has 0 aliphatic carbocycles. The Kier molecular flexibility index (Phi) is 13.2. The summed E-state index contributed by atoms with van der Waals surface area (Å²) in [5.74, 6) is -2.30. The van der Waals surface area contributed by atoms with E-state index in [-0.39, 0.29) is 31.8 Å². The van der Waals surface area contributed by atoms with Crippen LogP contribution in [0.2, 0.25) is 0 Å². The predicted octanol–water partition coefficient (Wildman–Crippen LogP) is 3.19. The number of carbonyl (C=O) groups excluding carboxylic acids is 3. The molecular formula is C34H38N5O8P. The summed E-state index contributed by atoms with van der Waals surface area (Å²) in [5.41, 5.74) is 2.08. The highest BCUT2D eigenvalue weighted by Crippen LogP contribution is 2.21. The van der Waals surface area contributed by atoms with Crippen LogP contribution in [0.4, 0.5) is 4.79 Å². The van der Waals surface area contributed by atoms with E-state index >= 15 is 0 Å². The first kappa shape index (κ1) is 35.7. The van der Waals surface area contributed by atoms with E-state index in [1.54, 1.807) is 12.1 Å². The number of H-pyrrole nitrogens is 1. The molecule has 3 amide bonds. The summed E-state index contributed by atoms with van der Waals surface area (Å²) in [6, 6.07) is 20.0. The third-order valence-corrected chi connectivity index (χ3v) is 8.07. The van der Waals surface area contributed by atoms with Crippen molar-refractivity contribution in [3.8, 4) is 0 Å². The second-order valence-corrected chi connectivity index (χ2v) is 12.5. The number of nitrogens with one attached hydrogen (secondary N) is 4. The van der Waals surface area contributed by atoms with Gasteiger partial charge in [0.05, 0.1) is 6.33 Å². The average Bonchev–Trinajstić information content (AvgIpc) is 3.56. The quantitative estimate of drug-likeness (QED) is 0.0876. The van der Waals surface area contributed by atoms with E-state index in [9.17, 15) is 24.1 Å². The number of fused-ring (bicyclic) bond motifs is 1. The van der Waals surface area contributed by atoms with Crippen LogP contribution in [0.3, 0.4) is 0 Å². The SMILES string of the molecule is CC(C)C[C@@H](NC(=O)C(Cc1cnc[nH]1)NC(=O)[C@@H](Cc1cccc2ccccc12)NC(=O)OCc1ccccc1)O/[P+]([O-])=C/C(=O)O. The maximum absolute atomic E-state index is 14.0. The molecule has 0 radical (unpaired) electrons. The van der Waals surface area contributed by atoms with Crippen LogP contribution in [0.15, 0.2) is 85.3 Å². The Morgan fingerprint density at radius 2 is 1.60 bits per heavy atom. The van der Waals surface area contributed by atoms with Crippen LogP contribution in [0, 0.1) is 5.92 Å². The maximum Gasteiger partial charge on any atom is 0.408 e. The van der Waals surface area contributed by atoms with Gasteiger partial charge < -0.3 is 35.7 Å². The molecule has 1 heterocycles. The van der Waals surface area contributed by atoms with Gasteiger partial charge in [0, 0.05) is 24.7 Å². The first-order valence-electron chi connectivity index (χ1n) is 15.3. The molecule has 5 N–H and O–H groups in total. The minimum Gasteiger partial charge on any atom is -0.603 e. The number of amides is 3. The fraction of sp³-hybridized carbons (Fsp3) is 0.294. The lowest BCUT2D eigenvalue weighted by Crippen LogP contribution is -2.56. The third kappa shape index (κ3) is 11.3. The monoisotopic (exact) mass is 675 g/mol. The number of aromatic amines is 1. The molecular weight excluding hydrogens is 637 g/mol. The van der Waals surface area contributed by atoms with Crippen LogP contribution in [-0.4, -0.2) is 63.1 Å². The van der Waals surface area contributed by atoms with Gasteiger partial charge in [0.2, 0.25) is 25.6 Å². The molecule has 4 atom stereocenters. The number of rotatable bonds is 16. The molecule has 48 heavy (non-hydrogen) atoms. The molecule has 0 aliphatic heterocycles. The van der Waals surface area contributed by atoms with E-state index in [1.807, 2.05) is 74.5 Å². The molecule has 0 spiro atoms. The number of carboxylic acid groups (broad SMARTS) is 1. The highest BCUT2D eigenvalue weighted by Gasteiger charge is 2.31. The summed E-state index contributed by atoms with van der Waals surface area (Å²) in [6.45, 7) is 3.68. The van der Waals surface area contributed by atoms with E-state index in [2.05, 4.69) is 25.9 Å². The van der Waals surface area contributed by atoms with Crippen LogP contribution >= 0.6 is 8.00 Å². The van der Waals surface area contributed by atoms with E-state index < -0.39 is 50.2 Å². The van der Waals surface area contributed by atoms with Crippen LogP contribution in [0.25, 0.3) is 10.8 Å². The van der Waals surface area contributed by atoms with E-state index in [0.29, 0.717) is 11.5 Å². The van der Waals surface area contributed by atoms with E-state index in [0.717, 1.165) is 21.9 Å². The van der Waals surface area contributed by atoms with Crippen molar-refractivity contribution < 1.29 is 38.4 Å². The minimum atomic E-state index is -2.74. The lowest BCUT2D eigenvalue weighted by Gasteiger charge is -2.25. The van der Waals surface area contributed by atoms with Crippen molar-refractivity contribution in [2.24, 2.45) is 5.92 Å².